The molecule has 3 heterocycles. The minimum atomic E-state index is -0.660. The number of carbonyl (C=O) groups is 1. The van der Waals surface area contributed by atoms with Crippen LogP contribution in [0.4, 0.5) is 0 Å². The van der Waals surface area contributed by atoms with Gasteiger partial charge in [-0.1, -0.05) is 0 Å². The van der Waals surface area contributed by atoms with Crippen LogP contribution in [-0.2, 0) is 18.4 Å². The molecule has 0 saturated carbocycles. The molecule has 0 aromatic carbocycles. The van der Waals surface area contributed by atoms with Gasteiger partial charge < -0.3 is 9.67 Å². The van der Waals surface area contributed by atoms with Crippen molar-refractivity contribution in [1.29, 1.82) is 0 Å². The molecule has 0 amide bonds. The van der Waals surface area contributed by atoms with E-state index in [4.69, 9.17) is 5.11 Å². The Hall–Kier alpha value is -1.43. The summed E-state index contributed by atoms with van der Waals surface area (Å²) in [5.74, 6) is 1.64. The maximum atomic E-state index is 10.9. The normalized spacial score (nSPS) is 29.8. The van der Waals surface area contributed by atoms with Gasteiger partial charge in [-0.15, -0.1) is 10.2 Å². The topological polar surface area (TPSA) is 71.2 Å². The van der Waals surface area contributed by atoms with Crippen LogP contribution < -0.4 is 0 Å². The lowest BCUT2D eigenvalue weighted by Crippen LogP contribution is -2.43. The van der Waals surface area contributed by atoms with Gasteiger partial charge in [-0.2, -0.15) is 0 Å². The Morgan fingerprint density at radius 2 is 1.95 bits per heavy atom. The molecular formula is C14H22N4O2. The van der Waals surface area contributed by atoms with E-state index < -0.39 is 5.97 Å². The lowest BCUT2D eigenvalue weighted by Gasteiger charge is -2.38. The maximum Gasteiger partial charge on any atom is 0.303 e. The van der Waals surface area contributed by atoms with Gasteiger partial charge in [-0.25, -0.2) is 0 Å². The molecular weight excluding hydrogens is 256 g/mol. The average molecular weight is 278 g/mol. The van der Waals surface area contributed by atoms with E-state index in [1.54, 1.807) is 0 Å². The molecule has 1 aromatic heterocycles. The average Bonchev–Trinajstić information content (AvgIpc) is 2.81. The Morgan fingerprint density at radius 3 is 2.45 bits per heavy atom. The van der Waals surface area contributed by atoms with Crippen molar-refractivity contribution in [3.05, 3.63) is 11.6 Å². The lowest BCUT2D eigenvalue weighted by molar-refractivity contribution is -0.138. The summed E-state index contributed by atoms with van der Waals surface area (Å²) < 4.78 is 2.04. The molecule has 2 aliphatic heterocycles. The number of hydrogen-bond acceptors (Lipinski definition) is 4. The van der Waals surface area contributed by atoms with Crippen LogP contribution in [0, 0.1) is 12.8 Å². The number of fused-ring (bicyclic) bond motifs is 2. The van der Waals surface area contributed by atoms with Gasteiger partial charge in [0.2, 0.25) is 0 Å². The summed E-state index contributed by atoms with van der Waals surface area (Å²) in [7, 11) is 2.00. The van der Waals surface area contributed by atoms with Gasteiger partial charge in [0, 0.05) is 25.6 Å². The summed E-state index contributed by atoms with van der Waals surface area (Å²) in [4.78, 5) is 13.4. The SMILES string of the molecule is Cc1nnc(CN2C3CCC2CC(CC(=O)O)C3)n1C. The molecule has 0 aliphatic carbocycles. The summed E-state index contributed by atoms with van der Waals surface area (Å²) in [6.45, 7) is 2.80. The molecule has 2 saturated heterocycles. The molecule has 6 heteroatoms. The first-order valence-corrected chi connectivity index (χ1v) is 7.37. The maximum absolute atomic E-state index is 10.9. The van der Waals surface area contributed by atoms with Gasteiger partial charge in [0.05, 0.1) is 6.54 Å². The van der Waals surface area contributed by atoms with Gasteiger partial charge in [0.15, 0.2) is 0 Å². The Morgan fingerprint density at radius 1 is 1.30 bits per heavy atom. The zero-order valence-electron chi connectivity index (χ0n) is 12.1. The molecule has 1 aromatic rings. The predicted octanol–water partition coefficient (Wildman–Crippen LogP) is 1.34. The van der Waals surface area contributed by atoms with Crippen LogP contribution in [0.3, 0.4) is 0 Å². The van der Waals surface area contributed by atoms with Crippen LogP contribution in [0.1, 0.15) is 43.8 Å². The van der Waals surface area contributed by atoms with Crippen molar-refractivity contribution in [2.24, 2.45) is 13.0 Å². The fourth-order valence-electron chi connectivity index (χ4n) is 3.81. The monoisotopic (exact) mass is 278 g/mol. The molecule has 2 bridgehead atoms. The highest BCUT2D eigenvalue weighted by atomic mass is 16.4. The summed E-state index contributed by atoms with van der Waals surface area (Å²) in [6, 6.07) is 1.05. The zero-order chi connectivity index (χ0) is 14.3. The molecule has 2 aliphatic rings. The standard InChI is InChI=1S/C14H22N4O2/c1-9-15-16-13(17(9)2)8-18-11-3-4-12(18)6-10(5-11)7-14(19)20/h10-12H,3-8H2,1-2H3,(H,19,20). The number of hydrogen-bond donors (Lipinski definition) is 1. The van der Waals surface area contributed by atoms with Crippen LogP contribution in [-0.4, -0.2) is 42.8 Å². The van der Waals surface area contributed by atoms with E-state index in [0.29, 0.717) is 24.4 Å². The minimum Gasteiger partial charge on any atom is -0.481 e. The fourth-order valence-corrected chi connectivity index (χ4v) is 3.81. The highest BCUT2D eigenvalue weighted by Gasteiger charge is 2.41. The fraction of sp³-hybridized carbons (Fsp3) is 0.786. The molecule has 0 radical (unpaired) electrons. The molecule has 110 valence electrons. The smallest absolute Gasteiger partial charge is 0.303 e. The van der Waals surface area contributed by atoms with Crippen molar-refractivity contribution in [3.8, 4) is 0 Å². The number of piperidine rings is 1. The number of aliphatic carboxylic acids is 1. The largest absolute Gasteiger partial charge is 0.481 e. The highest BCUT2D eigenvalue weighted by Crippen LogP contribution is 2.40. The number of aryl methyl sites for hydroxylation is 1. The molecule has 3 rings (SSSR count). The van der Waals surface area contributed by atoms with Gasteiger partial charge in [-0.3, -0.25) is 9.69 Å². The lowest BCUT2D eigenvalue weighted by atomic mass is 9.88. The van der Waals surface area contributed by atoms with Crippen LogP contribution in [0.5, 0.6) is 0 Å². The summed E-state index contributed by atoms with van der Waals surface area (Å²) in [5.41, 5.74) is 0. The number of nitrogens with zero attached hydrogens (tertiary/aromatic N) is 4. The van der Waals surface area contributed by atoms with Gasteiger partial charge in [0.1, 0.15) is 11.6 Å². The van der Waals surface area contributed by atoms with Crippen LogP contribution in [0.2, 0.25) is 0 Å². The quantitative estimate of drug-likeness (QED) is 0.900. The number of aromatic nitrogens is 3. The van der Waals surface area contributed by atoms with E-state index in [2.05, 4.69) is 15.1 Å². The van der Waals surface area contributed by atoms with E-state index in [1.165, 1.54) is 12.8 Å². The van der Waals surface area contributed by atoms with Crippen molar-refractivity contribution in [2.75, 3.05) is 0 Å². The second-order valence-corrected chi connectivity index (χ2v) is 6.22. The van der Waals surface area contributed by atoms with Crippen molar-refractivity contribution in [3.63, 3.8) is 0 Å². The first-order chi connectivity index (χ1) is 9.54. The predicted molar refractivity (Wildman–Crippen MR) is 73.1 cm³/mol. The van der Waals surface area contributed by atoms with E-state index in [0.717, 1.165) is 31.0 Å². The first-order valence-electron chi connectivity index (χ1n) is 7.37. The third-order valence-corrected chi connectivity index (χ3v) is 4.95. The number of rotatable bonds is 4. The molecule has 2 unspecified atom stereocenters. The van der Waals surface area contributed by atoms with Gasteiger partial charge >= 0.3 is 5.97 Å². The third kappa shape index (κ3) is 2.44. The van der Waals surface area contributed by atoms with Crippen molar-refractivity contribution in [2.45, 2.75) is 57.7 Å². The Labute approximate surface area is 118 Å². The van der Waals surface area contributed by atoms with Crippen molar-refractivity contribution >= 4 is 5.97 Å². The molecule has 2 fully saturated rings. The first kappa shape index (κ1) is 13.5. The van der Waals surface area contributed by atoms with Crippen molar-refractivity contribution in [1.82, 2.24) is 19.7 Å². The minimum absolute atomic E-state index is 0.323. The van der Waals surface area contributed by atoms with E-state index >= 15 is 0 Å². The van der Waals surface area contributed by atoms with E-state index in [9.17, 15) is 4.79 Å². The van der Waals surface area contributed by atoms with Crippen molar-refractivity contribution < 1.29 is 9.90 Å². The Bertz CT molecular complexity index is 499. The molecule has 1 N–H and O–H groups in total. The van der Waals surface area contributed by atoms with Gasteiger partial charge in [-0.05, 0) is 38.5 Å². The second kappa shape index (κ2) is 5.16. The molecule has 20 heavy (non-hydrogen) atoms. The van der Waals surface area contributed by atoms with E-state index in [1.807, 2.05) is 18.5 Å². The summed E-state index contributed by atoms with van der Waals surface area (Å²) in [5, 5.41) is 17.3. The van der Waals surface area contributed by atoms with Gasteiger partial charge in [0.25, 0.3) is 0 Å². The summed E-state index contributed by atoms with van der Waals surface area (Å²) in [6.07, 6.45) is 4.73. The van der Waals surface area contributed by atoms with Crippen LogP contribution in [0.25, 0.3) is 0 Å². The summed E-state index contributed by atoms with van der Waals surface area (Å²) >= 11 is 0. The Kier molecular flexibility index (Phi) is 3.50. The highest BCUT2D eigenvalue weighted by molar-refractivity contribution is 5.67. The zero-order valence-corrected chi connectivity index (χ0v) is 12.1. The molecule has 0 spiro atoms. The second-order valence-electron chi connectivity index (χ2n) is 6.22. The number of carboxylic acid groups (broad SMARTS) is 1. The Balaban J connectivity index is 1.68. The number of carboxylic acids is 1. The molecule has 6 nitrogen and oxygen atoms in total. The van der Waals surface area contributed by atoms with E-state index in [-0.39, 0.29) is 0 Å². The van der Waals surface area contributed by atoms with Crippen LogP contribution in [0.15, 0.2) is 0 Å². The molecule has 2 atom stereocenters. The van der Waals surface area contributed by atoms with Crippen LogP contribution >= 0.6 is 0 Å². The third-order valence-electron chi connectivity index (χ3n) is 4.95.